The number of benzene rings is 1. The molecule has 0 fully saturated rings. The normalized spacial score (nSPS) is 9.88. The molecule has 86 valence electrons. The van der Waals surface area contributed by atoms with Crippen LogP contribution < -0.4 is 4.90 Å². The van der Waals surface area contributed by atoms with Crippen LogP contribution in [0.4, 0.5) is 11.4 Å². The summed E-state index contributed by atoms with van der Waals surface area (Å²) < 4.78 is 0. The number of nitro groups is 1. The summed E-state index contributed by atoms with van der Waals surface area (Å²) in [7, 11) is 0. The highest BCUT2D eigenvalue weighted by atomic mass is 16.6. The van der Waals surface area contributed by atoms with Gasteiger partial charge in [-0.25, -0.2) is 0 Å². The van der Waals surface area contributed by atoms with Crippen LogP contribution in [0.15, 0.2) is 18.2 Å². The first kappa shape index (κ1) is 12.2. The third kappa shape index (κ3) is 2.36. The second kappa shape index (κ2) is 5.25. The Kier molecular flexibility index (Phi) is 3.99. The first-order chi connectivity index (χ1) is 7.63. The minimum absolute atomic E-state index is 0.0201. The molecule has 0 atom stereocenters. The Balaban J connectivity index is 3.27. The summed E-state index contributed by atoms with van der Waals surface area (Å²) in [4.78, 5) is 22.9. The van der Waals surface area contributed by atoms with Gasteiger partial charge in [0.05, 0.1) is 4.92 Å². The predicted octanol–water partition coefficient (Wildman–Crippen LogP) is 2.25. The lowest BCUT2D eigenvalue weighted by Crippen LogP contribution is -2.22. The molecular weight excluding hydrogens is 208 g/mol. The number of aldehydes is 1. The van der Waals surface area contributed by atoms with Crippen LogP contribution in [-0.4, -0.2) is 24.3 Å². The number of rotatable bonds is 5. The summed E-state index contributed by atoms with van der Waals surface area (Å²) in [6.45, 7) is 5.25. The van der Waals surface area contributed by atoms with Gasteiger partial charge in [0, 0.05) is 24.7 Å². The number of carbonyl (C=O) groups excluding carboxylic acids is 1. The minimum atomic E-state index is -0.458. The van der Waals surface area contributed by atoms with Crippen molar-refractivity contribution in [3.05, 3.63) is 33.9 Å². The number of carbonyl (C=O) groups is 1. The lowest BCUT2D eigenvalue weighted by molar-refractivity contribution is -0.384. The van der Waals surface area contributed by atoms with E-state index in [9.17, 15) is 14.9 Å². The highest BCUT2D eigenvalue weighted by Crippen LogP contribution is 2.28. The highest BCUT2D eigenvalue weighted by molar-refractivity contribution is 5.79. The summed E-state index contributed by atoms with van der Waals surface area (Å²) in [5.41, 5.74) is 0.858. The van der Waals surface area contributed by atoms with Crippen molar-refractivity contribution in [2.24, 2.45) is 0 Å². The lowest BCUT2D eigenvalue weighted by Gasteiger charge is -2.20. The summed E-state index contributed by atoms with van der Waals surface area (Å²) >= 11 is 0. The van der Waals surface area contributed by atoms with E-state index in [1.807, 2.05) is 18.7 Å². The number of hydrogen-bond donors (Lipinski definition) is 0. The molecule has 1 aromatic carbocycles. The van der Waals surface area contributed by atoms with E-state index in [4.69, 9.17) is 0 Å². The molecule has 0 aliphatic rings. The van der Waals surface area contributed by atoms with Gasteiger partial charge in [0.25, 0.3) is 5.69 Å². The van der Waals surface area contributed by atoms with Crippen LogP contribution in [0.1, 0.15) is 24.2 Å². The number of anilines is 1. The van der Waals surface area contributed by atoms with Gasteiger partial charge in [-0.15, -0.1) is 0 Å². The van der Waals surface area contributed by atoms with E-state index in [0.29, 0.717) is 30.6 Å². The average Bonchev–Trinajstić information content (AvgIpc) is 2.30. The summed E-state index contributed by atoms with van der Waals surface area (Å²) in [6, 6.07) is 4.52. The Morgan fingerprint density at radius 1 is 1.38 bits per heavy atom. The largest absolute Gasteiger partial charge is 0.367 e. The molecule has 0 heterocycles. The van der Waals surface area contributed by atoms with Crippen molar-refractivity contribution >= 4 is 17.7 Å². The van der Waals surface area contributed by atoms with Gasteiger partial charge in [0.15, 0.2) is 0 Å². The quantitative estimate of drug-likeness (QED) is 0.435. The zero-order chi connectivity index (χ0) is 12.1. The molecule has 0 bridgehead atoms. The van der Waals surface area contributed by atoms with E-state index >= 15 is 0 Å². The van der Waals surface area contributed by atoms with Gasteiger partial charge >= 0.3 is 0 Å². The summed E-state index contributed by atoms with van der Waals surface area (Å²) in [6.07, 6.45) is 0.610. The molecule has 0 saturated carbocycles. The molecule has 0 saturated heterocycles. The number of hydrogen-bond acceptors (Lipinski definition) is 4. The van der Waals surface area contributed by atoms with Gasteiger partial charge < -0.3 is 4.90 Å². The van der Waals surface area contributed by atoms with Crippen molar-refractivity contribution in [3.63, 3.8) is 0 Å². The summed E-state index contributed by atoms with van der Waals surface area (Å²) in [5, 5.41) is 10.9. The topological polar surface area (TPSA) is 63.5 Å². The Morgan fingerprint density at radius 3 is 2.44 bits per heavy atom. The van der Waals surface area contributed by atoms with Crippen LogP contribution in [0, 0.1) is 10.1 Å². The van der Waals surface area contributed by atoms with E-state index in [0.717, 1.165) is 0 Å². The maximum atomic E-state index is 10.9. The van der Waals surface area contributed by atoms with E-state index in [-0.39, 0.29) is 5.69 Å². The van der Waals surface area contributed by atoms with Gasteiger partial charge in [-0.1, -0.05) is 0 Å². The van der Waals surface area contributed by atoms with Crippen molar-refractivity contribution in [2.45, 2.75) is 13.8 Å². The fourth-order valence-electron chi connectivity index (χ4n) is 1.59. The first-order valence-corrected chi connectivity index (χ1v) is 5.12. The Hall–Kier alpha value is -1.91. The van der Waals surface area contributed by atoms with Crippen molar-refractivity contribution in [2.75, 3.05) is 18.0 Å². The third-order valence-electron chi connectivity index (χ3n) is 2.44. The molecule has 16 heavy (non-hydrogen) atoms. The smallest absolute Gasteiger partial charge is 0.293 e. The fourth-order valence-corrected chi connectivity index (χ4v) is 1.59. The van der Waals surface area contributed by atoms with E-state index < -0.39 is 4.92 Å². The highest BCUT2D eigenvalue weighted by Gasteiger charge is 2.17. The van der Waals surface area contributed by atoms with Crippen LogP contribution >= 0.6 is 0 Å². The van der Waals surface area contributed by atoms with Gasteiger partial charge in [0.2, 0.25) is 0 Å². The average molecular weight is 222 g/mol. The molecular formula is C11H14N2O3. The minimum Gasteiger partial charge on any atom is -0.367 e. The van der Waals surface area contributed by atoms with Crippen LogP contribution in [0.5, 0.6) is 0 Å². The molecule has 0 amide bonds. The van der Waals surface area contributed by atoms with Crippen molar-refractivity contribution in [3.8, 4) is 0 Å². The van der Waals surface area contributed by atoms with Crippen molar-refractivity contribution in [1.82, 2.24) is 0 Å². The Bertz CT molecular complexity index is 400. The molecule has 0 spiro atoms. The lowest BCUT2D eigenvalue weighted by atomic mass is 10.1. The fraction of sp³-hybridized carbons (Fsp3) is 0.364. The van der Waals surface area contributed by atoms with Crippen LogP contribution in [0.25, 0.3) is 0 Å². The summed E-state index contributed by atoms with van der Waals surface area (Å²) in [5.74, 6) is 0. The zero-order valence-corrected chi connectivity index (χ0v) is 9.34. The van der Waals surface area contributed by atoms with E-state index in [1.54, 1.807) is 12.1 Å². The van der Waals surface area contributed by atoms with Crippen LogP contribution in [0.2, 0.25) is 0 Å². The second-order valence-electron chi connectivity index (χ2n) is 3.30. The van der Waals surface area contributed by atoms with Crippen molar-refractivity contribution in [1.29, 1.82) is 0 Å². The van der Waals surface area contributed by atoms with E-state index in [1.165, 1.54) is 6.07 Å². The standard InChI is InChI=1S/C11H14N2O3/c1-3-12(4-2)10-6-5-9(8-14)7-11(10)13(15)16/h5-8H,3-4H2,1-2H3. The number of nitrogens with zero attached hydrogens (tertiary/aromatic N) is 2. The van der Waals surface area contributed by atoms with Gasteiger partial charge in [-0.3, -0.25) is 14.9 Å². The van der Waals surface area contributed by atoms with Crippen LogP contribution in [-0.2, 0) is 0 Å². The Morgan fingerprint density at radius 2 is 2.00 bits per heavy atom. The molecule has 0 aromatic heterocycles. The maximum absolute atomic E-state index is 10.9. The predicted molar refractivity (Wildman–Crippen MR) is 62.0 cm³/mol. The SMILES string of the molecule is CCN(CC)c1ccc(C=O)cc1[N+](=O)[O-]. The molecule has 5 nitrogen and oxygen atoms in total. The molecule has 0 aliphatic heterocycles. The first-order valence-electron chi connectivity index (χ1n) is 5.12. The molecule has 1 aromatic rings. The zero-order valence-electron chi connectivity index (χ0n) is 9.34. The van der Waals surface area contributed by atoms with E-state index in [2.05, 4.69) is 0 Å². The molecule has 5 heteroatoms. The van der Waals surface area contributed by atoms with Gasteiger partial charge in [-0.05, 0) is 26.0 Å². The monoisotopic (exact) mass is 222 g/mol. The van der Waals surface area contributed by atoms with Gasteiger partial charge in [-0.2, -0.15) is 0 Å². The molecule has 0 N–H and O–H groups in total. The van der Waals surface area contributed by atoms with Crippen LogP contribution in [0.3, 0.4) is 0 Å². The Labute approximate surface area is 93.8 Å². The van der Waals surface area contributed by atoms with Gasteiger partial charge in [0.1, 0.15) is 12.0 Å². The molecule has 0 radical (unpaired) electrons. The number of nitro benzene ring substituents is 1. The second-order valence-corrected chi connectivity index (χ2v) is 3.30. The molecule has 0 unspecified atom stereocenters. The third-order valence-corrected chi connectivity index (χ3v) is 2.44. The molecule has 0 aliphatic carbocycles. The molecule has 1 rings (SSSR count). The maximum Gasteiger partial charge on any atom is 0.293 e. The van der Waals surface area contributed by atoms with Crippen molar-refractivity contribution < 1.29 is 9.72 Å².